The van der Waals surface area contributed by atoms with Gasteiger partial charge in [-0.25, -0.2) is 4.39 Å². The molecule has 0 aliphatic carbocycles. The van der Waals surface area contributed by atoms with E-state index in [-0.39, 0.29) is 18.2 Å². The van der Waals surface area contributed by atoms with Crippen LogP contribution in [0, 0.1) is 12.7 Å². The van der Waals surface area contributed by atoms with Crippen molar-refractivity contribution in [2.24, 2.45) is 0 Å². The number of rotatable bonds is 5. The Hall–Kier alpha value is -2.25. The Balaban J connectivity index is 1.58. The van der Waals surface area contributed by atoms with Gasteiger partial charge < -0.3 is 20.1 Å². The molecule has 30 heavy (non-hydrogen) atoms. The van der Waals surface area contributed by atoms with Gasteiger partial charge >= 0.3 is 0 Å². The lowest BCUT2D eigenvalue weighted by molar-refractivity contribution is -0.114. The number of hydrogen-bond acceptors (Lipinski definition) is 5. The molecule has 1 aliphatic rings. The van der Waals surface area contributed by atoms with Crippen LogP contribution in [0.3, 0.4) is 0 Å². The van der Waals surface area contributed by atoms with Crippen molar-refractivity contribution < 1.29 is 24.4 Å². The molecule has 3 unspecified atom stereocenters. The van der Waals surface area contributed by atoms with Crippen LogP contribution < -0.4 is 0 Å². The molecule has 0 radical (unpaired) electrons. The summed E-state index contributed by atoms with van der Waals surface area (Å²) in [5, 5.41) is 30.1. The summed E-state index contributed by atoms with van der Waals surface area (Å²) in [5.41, 5.74) is 3.67. The van der Waals surface area contributed by atoms with Crippen molar-refractivity contribution in [1.82, 2.24) is 0 Å². The highest BCUT2D eigenvalue weighted by Crippen LogP contribution is 2.38. The Morgan fingerprint density at radius 3 is 2.60 bits per heavy atom. The molecule has 4 rings (SSSR count). The fourth-order valence-corrected chi connectivity index (χ4v) is 4.98. The first-order valence-corrected chi connectivity index (χ1v) is 10.9. The molecule has 158 valence electrons. The molecule has 1 saturated heterocycles. The van der Waals surface area contributed by atoms with Crippen LogP contribution in [0.2, 0.25) is 0 Å². The molecule has 6 heteroatoms. The van der Waals surface area contributed by atoms with E-state index in [4.69, 9.17) is 4.74 Å². The zero-order chi connectivity index (χ0) is 21.3. The highest BCUT2D eigenvalue weighted by molar-refractivity contribution is 7.15. The fraction of sp³-hybridized carbons (Fsp3) is 0.333. The Morgan fingerprint density at radius 1 is 1.10 bits per heavy atom. The first-order chi connectivity index (χ1) is 14.4. The monoisotopic (exact) mass is 428 g/mol. The second-order valence-electron chi connectivity index (χ2n) is 7.84. The Labute approximate surface area is 179 Å². The van der Waals surface area contributed by atoms with Gasteiger partial charge in [0.15, 0.2) is 0 Å². The summed E-state index contributed by atoms with van der Waals surface area (Å²) in [6.45, 7) is 1.80. The average molecular weight is 429 g/mol. The van der Waals surface area contributed by atoms with Crippen LogP contribution in [-0.4, -0.2) is 34.1 Å². The minimum Gasteiger partial charge on any atom is -0.508 e. The number of aliphatic hydroxyl groups is 2. The minimum absolute atomic E-state index is 0.144. The number of aryl methyl sites for hydroxylation is 1. The highest BCUT2D eigenvalue weighted by atomic mass is 32.1. The largest absolute Gasteiger partial charge is 0.508 e. The van der Waals surface area contributed by atoms with Crippen LogP contribution in [-0.2, 0) is 11.2 Å². The van der Waals surface area contributed by atoms with E-state index in [1.807, 2.05) is 19.1 Å². The summed E-state index contributed by atoms with van der Waals surface area (Å²) >= 11 is 1.66. The summed E-state index contributed by atoms with van der Waals surface area (Å²) in [7, 11) is 0. The lowest BCUT2D eigenvalue weighted by atomic mass is 9.92. The molecule has 3 atom stereocenters. The van der Waals surface area contributed by atoms with E-state index in [1.165, 1.54) is 12.1 Å². The molecule has 0 bridgehead atoms. The Morgan fingerprint density at radius 2 is 1.87 bits per heavy atom. The van der Waals surface area contributed by atoms with Gasteiger partial charge in [0.2, 0.25) is 0 Å². The van der Waals surface area contributed by atoms with Gasteiger partial charge in [0.05, 0.1) is 24.9 Å². The van der Waals surface area contributed by atoms with E-state index >= 15 is 0 Å². The number of halogens is 1. The number of ether oxygens (including phenoxy) is 1. The maximum absolute atomic E-state index is 13.2. The van der Waals surface area contributed by atoms with E-state index in [0.29, 0.717) is 24.8 Å². The molecule has 0 spiro atoms. The smallest absolute Gasteiger partial charge is 0.123 e. The first kappa shape index (κ1) is 21.0. The van der Waals surface area contributed by atoms with Crippen molar-refractivity contribution in [3.05, 3.63) is 75.9 Å². The maximum Gasteiger partial charge on any atom is 0.123 e. The number of phenolic OH excluding ortho intramolecular Hbond substituents is 1. The van der Waals surface area contributed by atoms with Crippen molar-refractivity contribution in [1.29, 1.82) is 0 Å². The molecule has 1 fully saturated rings. The Kier molecular flexibility index (Phi) is 6.20. The minimum atomic E-state index is -0.569. The van der Waals surface area contributed by atoms with E-state index in [2.05, 4.69) is 6.07 Å². The molecular weight excluding hydrogens is 403 g/mol. The molecule has 1 aliphatic heterocycles. The van der Waals surface area contributed by atoms with Crippen LogP contribution in [0.5, 0.6) is 5.75 Å². The number of thiophene rings is 1. The van der Waals surface area contributed by atoms with E-state index < -0.39 is 18.3 Å². The number of aliphatic hydroxyl groups excluding tert-OH is 2. The second-order valence-corrected chi connectivity index (χ2v) is 9.01. The van der Waals surface area contributed by atoms with Gasteiger partial charge in [-0.2, -0.15) is 0 Å². The molecule has 2 heterocycles. The van der Waals surface area contributed by atoms with Gasteiger partial charge in [-0.15, -0.1) is 11.3 Å². The van der Waals surface area contributed by atoms with Crippen LogP contribution in [0.1, 0.15) is 40.5 Å². The summed E-state index contributed by atoms with van der Waals surface area (Å²) in [6.07, 6.45) is 0.0279. The predicted molar refractivity (Wildman–Crippen MR) is 115 cm³/mol. The number of phenols is 1. The third kappa shape index (κ3) is 4.57. The fourth-order valence-electron chi connectivity index (χ4n) is 3.94. The predicted octanol–water partition coefficient (Wildman–Crippen LogP) is 4.73. The second kappa shape index (κ2) is 8.86. The van der Waals surface area contributed by atoms with Crippen LogP contribution in [0.4, 0.5) is 4.39 Å². The summed E-state index contributed by atoms with van der Waals surface area (Å²) in [4.78, 5) is 2.23. The number of benzene rings is 2. The van der Waals surface area contributed by atoms with Gasteiger partial charge in [-0.3, -0.25) is 0 Å². The average Bonchev–Trinajstić information content (AvgIpc) is 3.18. The van der Waals surface area contributed by atoms with Gasteiger partial charge in [0, 0.05) is 34.6 Å². The van der Waals surface area contributed by atoms with Crippen LogP contribution in [0.15, 0.2) is 48.5 Å². The molecule has 1 aromatic heterocycles. The molecule has 3 aromatic rings. The lowest BCUT2D eigenvalue weighted by Gasteiger charge is -2.33. The Bertz CT molecular complexity index is 1010. The van der Waals surface area contributed by atoms with Crippen molar-refractivity contribution >= 4 is 11.3 Å². The molecule has 2 aromatic carbocycles. The topological polar surface area (TPSA) is 69.9 Å². The van der Waals surface area contributed by atoms with Gasteiger partial charge in [-0.05, 0) is 60.0 Å². The maximum atomic E-state index is 13.2. The SMILES string of the molecule is Cc1cc(O)c(C2CC(O)CC(CO)O2)cc1Cc1ccc(-c2ccc(F)cc2)s1. The normalized spacial score (nSPS) is 21.7. The third-order valence-corrected chi connectivity index (χ3v) is 6.70. The molecule has 4 nitrogen and oxygen atoms in total. The quantitative estimate of drug-likeness (QED) is 0.549. The van der Waals surface area contributed by atoms with Gasteiger partial charge in [-0.1, -0.05) is 12.1 Å². The summed E-state index contributed by atoms with van der Waals surface area (Å²) in [5.74, 6) is -0.105. The van der Waals surface area contributed by atoms with E-state index in [0.717, 1.165) is 26.4 Å². The van der Waals surface area contributed by atoms with E-state index in [1.54, 1.807) is 29.5 Å². The number of aromatic hydroxyl groups is 1. The molecule has 3 N–H and O–H groups in total. The zero-order valence-corrected chi connectivity index (χ0v) is 17.5. The van der Waals surface area contributed by atoms with Gasteiger partial charge in [0.1, 0.15) is 11.6 Å². The van der Waals surface area contributed by atoms with Crippen molar-refractivity contribution in [2.45, 2.75) is 44.5 Å². The van der Waals surface area contributed by atoms with Crippen LogP contribution in [0.25, 0.3) is 10.4 Å². The van der Waals surface area contributed by atoms with Crippen LogP contribution >= 0.6 is 11.3 Å². The standard InChI is InChI=1S/C24H25FO4S/c1-14-8-22(28)21(23-12-18(27)11-19(13-26)29-23)10-16(14)9-20-6-7-24(30-20)15-2-4-17(25)5-3-15/h2-8,10,18-19,23,26-28H,9,11-13H2,1H3. The lowest BCUT2D eigenvalue weighted by Crippen LogP contribution is -2.33. The molecular formula is C24H25FO4S. The molecule has 0 saturated carbocycles. The number of hydrogen-bond donors (Lipinski definition) is 3. The van der Waals surface area contributed by atoms with Crippen molar-refractivity contribution in [3.63, 3.8) is 0 Å². The summed E-state index contributed by atoms with van der Waals surface area (Å²) in [6, 6.07) is 14.3. The van der Waals surface area contributed by atoms with Gasteiger partial charge in [0.25, 0.3) is 0 Å². The third-order valence-electron chi connectivity index (χ3n) is 5.57. The molecule has 0 amide bonds. The van der Waals surface area contributed by atoms with Crippen molar-refractivity contribution in [2.75, 3.05) is 6.61 Å². The highest BCUT2D eigenvalue weighted by Gasteiger charge is 2.30. The van der Waals surface area contributed by atoms with E-state index in [9.17, 15) is 19.7 Å². The first-order valence-electron chi connectivity index (χ1n) is 10.0. The zero-order valence-electron chi connectivity index (χ0n) is 16.7. The summed E-state index contributed by atoms with van der Waals surface area (Å²) < 4.78 is 19.1. The van der Waals surface area contributed by atoms with Crippen molar-refractivity contribution in [3.8, 4) is 16.2 Å².